The average molecular weight is 402 g/mol. The fraction of sp³-hybridized carbons (Fsp3) is 0.300. The van der Waals surface area contributed by atoms with Gasteiger partial charge in [0.2, 0.25) is 0 Å². The lowest BCUT2D eigenvalue weighted by Gasteiger charge is -2.25. The van der Waals surface area contributed by atoms with Crippen molar-refractivity contribution in [3.8, 4) is 0 Å². The third-order valence-electron chi connectivity index (χ3n) is 4.33. The number of fused-ring (bicyclic) bond motifs is 1. The van der Waals surface area contributed by atoms with Gasteiger partial charge in [0.15, 0.2) is 5.84 Å². The smallest absolute Gasteiger partial charge is 0.338 e. The van der Waals surface area contributed by atoms with E-state index in [-0.39, 0.29) is 18.0 Å². The highest BCUT2D eigenvalue weighted by molar-refractivity contribution is 7.90. The Morgan fingerprint density at radius 1 is 1.18 bits per heavy atom. The highest BCUT2D eigenvalue weighted by Crippen LogP contribution is 2.27. The molecule has 148 valence electrons. The maximum Gasteiger partial charge on any atom is 0.338 e. The first-order valence-corrected chi connectivity index (χ1v) is 10.2. The maximum absolute atomic E-state index is 12.5. The van der Waals surface area contributed by atoms with Crippen LogP contribution >= 0.6 is 0 Å². The van der Waals surface area contributed by atoms with E-state index in [4.69, 9.17) is 9.47 Å². The molecule has 1 heterocycles. The summed E-state index contributed by atoms with van der Waals surface area (Å²) in [5, 5.41) is 0. The second kappa shape index (κ2) is 8.12. The summed E-state index contributed by atoms with van der Waals surface area (Å²) >= 11 is 0. The number of nitrogens with zero attached hydrogens (tertiary/aromatic N) is 2. The Labute approximate surface area is 164 Å². The summed E-state index contributed by atoms with van der Waals surface area (Å²) in [6, 6.07) is 13.8. The Kier molecular flexibility index (Phi) is 5.81. The van der Waals surface area contributed by atoms with Crippen molar-refractivity contribution in [1.29, 1.82) is 0 Å². The van der Waals surface area contributed by atoms with Crippen LogP contribution in [-0.4, -0.2) is 58.5 Å². The van der Waals surface area contributed by atoms with E-state index in [0.717, 1.165) is 5.56 Å². The van der Waals surface area contributed by atoms with Crippen LogP contribution in [0.2, 0.25) is 0 Å². The van der Waals surface area contributed by atoms with Gasteiger partial charge in [0.25, 0.3) is 10.0 Å². The molecule has 0 spiro atoms. The van der Waals surface area contributed by atoms with Gasteiger partial charge in [-0.2, -0.15) is 8.42 Å². The van der Waals surface area contributed by atoms with Crippen molar-refractivity contribution in [2.75, 3.05) is 27.3 Å². The zero-order valence-corrected chi connectivity index (χ0v) is 16.8. The number of esters is 1. The Morgan fingerprint density at radius 3 is 2.64 bits per heavy atom. The SMILES string of the molecule is COCC(CN(C)C1=NS(=O)(=O)c2ccccc21)OC(=O)c1cccc(C)c1. The van der Waals surface area contributed by atoms with Crippen molar-refractivity contribution < 1.29 is 22.7 Å². The first kappa shape index (κ1) is 20.0. The Morgan fingerprint density at radius 2 is 1.93 bits per heavy atom. The second-order valence-corrected chi connectivity index (χ2v) is 8.19. The minimum absolute atomic E-state index is 0.170. The number of amidine groups is 1. The van der Waals surface area contributed by atoms with Crippen molar-refractivity contribution in [3.05, 3.63) is 65.2 Å². The molecular formula is C20H22N2O5S. The van der Waals surface area contributed by atoms with Crippen molar-refractivity contribution in [3.63, 3.8) is 0 Å². The monoisotopic (exact) mass is 402 g/mol. The maximum atomic E-state index is 12.5. The second-order valence-electron chi connectivity index (χ2n) is 6.62. The van der Waals surface area contributed by atoms with Crippen LogP contribution in [0.25, 0.3) is 0 Å². The number of rotatable bonds is 6. The third kappa shape index (κ3) is 4.23. The van der Waals surface area contributed by atoms with Gasteiger partial charge in [-0.3, -0.25) is 0 Å². The number of carbonyl (C=O) groups is 1. The molecule has 0 saturated heterocycles. The number of likely N-dealkylation sites (N-methyl/N-ethyl adjacent to an activating group) is 1. The van der Waals surface area contributed by atoms with Crippen LogP contribution in [0, 0.1) is 6.92 Å². The predicted molar refractivity (Wildman–Crippen MR) is 105 cm³/mol. The lowest BCUT2D eigenvalue weighted by atomic mass is 10.1. The van der Waals surface area contributed by atoms with E-state index in [0.29, 0.717) is 17.0 Å². The van der Waals surface area contributed by atoms with Crippen LogP contribution in [0.3, 0.4) is 0 Å². The molecule has 7 nitrogen and oxygen atoms in total. The number of hydrogen-bond donors (Lipinski definition) is 0. The summed E-state index contributed by atoms with van der Waals surface area (Å²) in [7, 11) is -0.489. The van der Waals surface area contributed by atoms with E-state index in [1.54, 1.807) is 48.3 Å². The van der Waals surface area contributed by atoms with Crippen LogP contribution < -0.4 is 0 Å². The van der Waals surface area contributed by atoms with Crippen molar-refractivity contribution in [2.24, 2.45) is 4.40 Å². The third-order valence-corrected chi connectivity index (χ3v) is 5.66. The van der Waals surface area contributed by atoms with E-state index in [9.17, 15) is 13.2 Å². The molecule has 28 heavy (non-hydrogen) atoms. The number of ether oxygens (including phenoxy) is 2. The van der Waals surface area contributed by atoms with Crippen LogP contribution in [0.5, 0.6) is 0 Å². The highest BCUT2D eigenvalue weighted by atomic mass is 32.2. The van der Waals surface area contributed by atoms with Gasteiger partial charge in [-0.1, -0.05) is 29.8 Å². The molecule has 0 radical (unpaired) electrons. The molecular weight excluding hydrogens is 380 g/mol. The Balaban J connectivity index is 1.77. The first-order chi connectivity index (χ1) is 13.3. The molecule has 2 aromatic rings. The zero-order valence-electron chi connectivity index (χ0n) is 16.0. The molecule has 0 aliphatic carbocycles. The molecule has 3 rings (SSSR count). The number of sulfonamides is 1. The molecule has 1 aliphatic heterocycles. The number of benzene rings is 2. The fourth-order valence-electron chi connectivity index (χ4n) is 3.06. The van der Waals surface area contributed by atoms with Gasteiger partial charge >= 0.3 is 5.97 Å². The fourth-order valence-corrected chi connectivity index (χ4v) is 4.31. The minimum Gasteiger partial charge on any atom is -0.454 e. The molecule has 1 aliphatic rings. The molecule has 0 saturated carbocycles. The Hall–Kier alpha value is -2.71. The molecule has 0 N–H and O–H groups in total. The summed E-state index contributed by atoms with van der Waals surface area (Å²) in [6.45, 7) is 2.30. The molecule has 0 bridgehead atoms. The van der Waals surface area contributed by atoms with Gasteiger partial charge in [0.05, 0.1) is 18.7 Å². The number of aryl methyl sites for hydroxylation is 1. The van der Waals surface area contributed by atoms with Crippen molar-refractivity contribution in [1.82, 2.24) is 4.90 Å². The minimum atomic E-state index is -3.71. The van der Waals surface area contributed by atoms with Gasteiger partial charge < -0.3 is 14.4 Å². The highest BCUT2D eigenvalue weighted by Gasteiger charge is 2.31. The summed E-state index contributed by atoms with van der Waals surface area (Å²) in [6.07, 6.45) is -0.596. The van der Waals surface area contributed by atoms with Crippen LogP contribution in [0.1, 0.15) is 21.5 Å². The normalized spacial score (nSPS) is 15.5. The van der Waals surface area contributed by atoms with Crippen LogP contribution in [0.4, 0.5) is 0 Å². The van der Waals surface area contributed by atoms with Gasteiger partial charge in [-0.25, -0.2) is 4.79 Å². The van der Waals surface area contributed by atoms with E-state index < -0.39 is 22.1 Å². The molecule has 2 aromatic carbocycles. The molecule has 0 aromatic heterocycles. The van der Waals surface area contributed by atoms with Crippen LogP contribution in [0.15, 0.2) is 57.8 Å². The largest absolute Gasteiger partial charge is 0.454 e. The summed E-state index contributed by atoms with van der Waals surface area (Å²) in [5.74, 6) is -0.135. The van der Waals surface area contributed by atoms with Gasteiger partial charge in [-0.05, 0) is 31.2 Å². The van der Waals surface area contributed by atoms with Gasteiger partial charge in [0, 0.05) is 19.7 Å². The quantitative estimate of drug-likeness (QED) is 0.689. The summed E-state index contributed by atoms with van der Waals surface area (Å²) < 4.78 is 39.2. The average Bonchev–Trinajstić information content (AvgIpc) is 2.93. The number of hydrogen-bond acceptors (Lipinski definition) is 6. The standard InChI is InChI=1S/C20H22N2O5S/c1-14-7-6-8-15(11-14)20(23)27-16(13-26-3)12-22(2)19-17-9-4-5-10-18(17)28(24,25)21-19/h4-11,16H,12-13H2,1-3H3. The number of carbonyl (C=O) groups excluding carboxylic acids is 1. The van der Waals surface area contributed by atoms with E-state index in [1.165, 1.54) is 13.2 Å². The molecule has 1 unspecified atom stereocenters. The van der Waals surface area contributed by atoms with Crippen LogP contribution in [-0.2, 0) is 19.5 Å². The van der Waals surface area contributed by atoms with Gasteiger partial charge in [-0.15, -0.1) is 4.40 Å². The van der Waals surface area contributed by atoms with Crippen molar-refractivity contribution in [2.45, 2.75) is 17.9 Å². The molecule has 0 fully saturated rings. The lowest BCUT2D eigenvalue weighted by Crippen LogP contribution is -2.38. The zero-order chi connectivity index (χ0) is 20.3. The molecule has 0 amide bonds. The molecule has 1 atom stereocenters. The van der Waals surface area contributed by atoms with E-state index in [2.05, 4.69) is 4.40 Å². The van der Waals surface area contributed by atoms with Crippen molar-refractivity contribution >= 4 is 21.8 Å². The molecule has 8 heteroatoms. The predicted octanol–water partition coefficient (Wildman–Crippen LogP) is 2.25. The van der Waals surface area contributed by atoms with E-state index in [1.807, 2.05) is 13.0 Å². The van der Waals surface area contributed by atoms with Gasteiger partial charge in [0.1, 0.15) is 11.0 Å². The Bertz CT molecular complexity index is 1020. The first-order valence-electron chi connectivity index (χ1n) is 8.74. The summed E-state index contributed by atoms with van der Waals surface area (Å²) in [4.78, 5) is 14.3. The number of methoxy groups -OCH3 is 1. The topological polar surface area (TPSA) is 85.3 Å². The lowest BCUT2D eigenvalue weighted by molar-refractivity contribution is 0.00103. The van der Waals surface area contributed by atoms with E-state index >= 15 is 0 Å². The summed E-state index contributed by atoms with van der Waals surface area (Å²) in [5.41, 5.74) is 1.94.